The maximum atomic E-state index is 11.9. The van der Waals surface area contributed by atoms with E-state index in [0.29, 0.717) is 0 Å². The minimum Gasteiger partial charge on any atom is -0.481 e. The van der Waals surface area contributed by atoms with Crippen molar-refractivity contribution in [2.75, 3.05) is 0 Å². The molecule has 0 spiro atoms. The molecular weight excluding hydrogens is 206 g/mol. The predicted molar refractivity (Wildman–Crippen MR) is 61.0 cm³/mol. The van der Waals surface area contributed by atoms with E-state index in [-0.39, 0.29) is 29.7 Å². The third-order valence-corrected chi connectivity index (χ3v) is 3.44. The molecule has 0 aromatic heterocycles. The Morgan fingerprint density at radius 3 is 2.56 bits per heavy atom. The summed E-state index contributed by atoms with van der Waals surface area (Å²) in [5.41, 5.74) is 0.0486. The fourth-order valence-corrected chi connectivity index (χ4v) is 2.47. The highest BCUT2D eigenvalue weighted by atomic mass is 16.4. The van der Waals surface area contributed by atoms with Crippen molar-refractivity contribution < 1.29 is 14.7 Å². The van der Waals surface area contributed by atoms with Gasteiger partial charge in [0.2, 0.25) is 5.91 Å². The lowest BCUT2D eigenvalue weighted by molar-refractivity contribution is -0.137. The van der Waals surface area contributed by atoms with Crippen LogP contribution in [0.1, 0.15) is 46.5 Å². The van der Waals surface area contributed by atoms with Crippen molar-refractivity contribution >= 4 is 11.9 Å². The molecule has 1 fully saturated rings. The Morgan fingerprint density at radius 2 is 2.12 bits per heavy atom. The van der Waals surface area contributed by atoms with Gasteiger partial charge in [-0.25, -0.2) is 0 Å². The molecule has 2 atom stereocenters. The van der Waals surface area contributed by atoms with E-state index in [1.165, 1.54) is 0 Å². The Morgan fingerprint density at radius 1 is 1.50 bits per heavy atom. The molecule has 0 aromatic rings. The minimum absolute atomic E-state index is 0.0104. The highest BCUT2D eigenvalue weighted by Gasteiger charge is 2.39. The van der Waals surface area contributed by atoms with Crippen LogP contribution >= 0.6 is 0 Å². The smallest absolute Gasteiger partial charge is 0.305 e. The summed E-state index contributed by atoms with van der Waals surface area (Å²) < 4.78 is 0. The summed E-state index contributed by atoms with van der Waals surface area (Å²) in [6.07, 6.45) is 3.05. The van der Waals surface area contributed by atoms with Crippen molar-refractivity contribution in [2.24, 2.45) is 11.3 Å². The van der Waals surface area contributed by atoms with Crippen LogP contribution in [-0.4, -0.2) is 23.0 Å². The highest BCUT2D eigenvalue weighted by Crippen LogP contribution is 2.42. The molecule has 16 heavy (non-hydrogen) atoms. The Balaban J connectivity index is 2.49. The molecule has 0 aromatic carbocycles. The van der Waals surface area contributed by atoms with Crippen LogP contribution in [0.2, 0.25) is 0 Å². The number of carboxylic acids is 1. The topological polar surface area (TPSA) is 66.4 Å². The summed E-state index contributed by atoms with van der Waals surface area (Å²) >= 11 is 0. The average Bonchev–Trinajstić information content (AvgIpc) is 2.43. The summed E-state index contributed by atoms with van der Waals surface area (Å²) in [6.45, 7) is 5.94. The van der Waals surface area contributed by atoms with Crippen molar-refractivity contribution in [1.82, 2.24) is 5.32 Å². The molecular formula is C12H21NO3. The van der Waals surface area contributed by atoms with E-state index >= 15 is 0 Å². The van der Waals surface area contributed by atoms with E-state index in [0.717, 1.165) is 19.3 Å². The second-order valence-electron chi connectivity index (χ2n) is 5.44. The van der Waals surface area contributed by atoms with Gasteiger partial charge in [0.1, 0.15) is 0 Å². The maximum absolute atomic E-state index is 11.9. The largest absolute Gasteiger partial charge is 0.481 e. The average molecular weight is 227 g/mol. The van der Waals surface area contributed by atoms with Gasteiger partial charge in [-0.3, -0.25) is 9.59 Å². The van der Waals surface area contributed by atoms with Crippen LogP contribution in [0.5, 0.6) is 0 Å². The number of carbonyl (C=O) groups excluding carboxylic acids is 1. The summed E-state index contributed by atoms with van der Waals surface area (Å²) in [7, 11) is 0. The van der Waals surface area contributed by atoms with Gasteiger partial charge in [0.05, 0.1) is 6.42 Å². The first-order chi connectivity index (χ1) is 7.33. The van der Waals surface area contributed by atoms with Gasteiger partial charge in [-0.05, 0) is 25.2 Å². The van der Waals surface area contributed by atoms with Gasteiger partial charge >= 0.3 is 5.97 Å². The minimum atomic E-state index is -0.876. The zero-order valence-corrected chi connectivity index (χ0v) is 10.2. The number of carboxylic acid groups (broad SMARTS) is 1. The molecule has 0 saturated heterocycles. The van der Waals surface area contributed by atoms with E-state index in [2.05, 4.69) is 19.2 Å². The zero-order chi connectivity index (χ0) is 12.3. The summed E-state index contributed by atoms with van der Waals surface area (Å²) in [6, 6.07) is -0.290. The van der Waals surface area contributed by atoms with Crippen LogP contribution in [0.3, 0.4) is 0 Å². The van der Waals surface area contributed by atoms with Crippen LogP contribution in [-0.2, 0) is 9.59 Å². The molecule has 2 N–H and O–H groups in total. The number of hydrogen-bond donors (Lipinski definition) is 2. The number of carbonyl (C=O) groups is 2. The maximum Gasteiger partial charge on any atom is 0.305 e. The Labute approximate surface area is 96.4 Å². The summed E-state index contributed by atoms with van der Waals surface area (Å²) in [4.78, 5) is 22.4. The van der Waals surface area contributed by atoms with Crippen LogP contribution in [0, 0.1) is 11.3 Å². The Kier molecular flexibility index (Phi) is 3.94. The number of rotatable bonds is 4. The molecule has 0 aliphatic heterocycles. The van der Waals surface area contributed by atoms with E-state index in [4.69, 9.17) is 5.11 Å². The van der Waals surface area contributed by atoms with Gasteiger partial charge in [0.15, 0.2) is 0 Å². The van der Waals surface area contributed by atoms with Crippen molar-refractivity contribution in [2.45, 2.75) is 52.5 Å². The first-order valence-corrected chi connectivity index (χ1v) is 5.85. The third kappa shape index (κ3) is 3.22. The second-order valence-corrected chi connectivity index (χ2v) is 5.44. The fourth-order valence-electron chi connectivity index (χ4n) is 2.47. The van der Waals surface area contributed by atoms with Crippen LogP contribution < -0.4 is 5.32 Å². The van der Waals surface area contributed by atoms with Gasteiger partial charge in [0.25, 0.3) is 0 Å². The first kappa shape index (κ1) is 13.0. The molecule has 2 unspecified atom stereocenters. The van der Waals surface area contributed by atoms with Crippen molar-refractivity contribution in [3.63, 3.8) is 0 Å². The molecule has 4 nitrogen and oxygen atoms in total. The van der Waals surface area contributed by atoms with Gasteiger partial charge < -0.3 is 10.4 Å². The van der Waals surface area contributed by atoms with E-state index in [1.54, 1.807) is 6.92 Å². The molecule has 4 heteroatoms. The number of nitrogens with one attached hydrogen (secondary N) is 1. The first-order valence-electron chi connectivity index (χ1n) is 5.85. The van der Waals surface area contributed by atoms with Crippen molar-refractivity contribution in [3.05, 3.63) is 0 Å². The summed E-state index contributed by atoms with van der Waals surface area (Å²) in [5, 5.41) is 11.4. The zero-order valence-electron chi connectivity index (χ0n) is 10.2. The molecule has 1 aliphatic rings. The highest BCUT2D eigenvalue weighted by molar-refractivity contribution is 5.80. The number of amides is 1. The lowest BCUT2D eigenvalue weighted by Crippen LogP contribution is -2.41. The van der Waals surface area contributed by atoms with Crippen molar-refractivity contribution in [1.29, 1.82) is 0 Å². The standard InChI is InChI=1S/C12H21NO3/c1-8(7-10(14)15)13-11(16)9-5-4-6-12(9,2)3/h8-9H,4-7H2,1-3H3,(H,13,16)(H,14,15). The molecule has 0 bridgehead atoms. The van der Waals surface area contributed by atoms with Crippen LogP contribution in [0.25, 0.3) is 0 Å². The summed E-state index contributed by atoms with van der Waals surface area (Å²) in [5.74, 6) is -0.835. The van der Waals surface area contributed by atoms with Crippen molar-refractivity contribution in [3.8, 4) is 0 Å². The molecule has 0 radical (unpaired) electrons. The number of hydrogen-bond acceptors (Lipinski definition) is 2. The molecule has 92 valence electrons. The van der Waals surface area contributed by atoms with E-state index < -0.39 is 5.97 Å². The quantitative estimate of drug-likeness (QED) is 0.769. The molecule has 1 aliphatic carbocycles. The Bertz CT molecular complexity index is 286. The van der Waals surface area contributed by atoms with Crippen LogP contribution in [0.4, 0.5) is 0 Å². The molecule has 1 rings (SSSR count). The third-order valence-electron chi connectivity index (χ3n) is 3.44. The van der Waals surface area contributed by atoms with Gasteiger partial charge in [0, 0.05) is 12.0 Å². The van der Waals surface area contributed by atoms with Gasteiger partial charge in [-0.2, -0.15) is 0 Å². The van der Waals surface area contributed by atoms with Gasteiger partial charge in [-0.15, -0.1) is 0 Å². The van der Waals surface area contributed by atoms with Gasteiger partial charge in [-0.1, -0.05) is 20.3 Å². The molecule has 1 amide bonds. The monoisotopic (exact) mass is 227 g/mol. The lowest BCUT2D eigenvalue weighted by Gasteiger charge is -2.27. The molecule has 1 saturated carbocycles. The van der Waals surface area contributed by atoms with E-state index in [1.807, 2.05) is 0 Å². The number of aliphatic carboxylic acids is 1. The second kappa shape index (κ2) is 4.85. The fraction of sp³-hybridized carbons (Fsp3) is 0.833. The molecule has 0 heterocycles. The Hall–Kier alpha value is -1.06. The normalized spacial score (nSPS) is 25.1. The lowest BCUT2D eigenvalue weighted by atomic mass is 9.81. The predicted octanol–water partition coefficient (Wildman–Crippen LogP) is 1.79. The SMILES string of the molecule is CC(CC(=O)O)NC(=O)C1CCCC1(C)C. The van der Waals surface area contributed by atoms with Crippen LogP contribution in [0.15, 0.2) is 0 Å². The van der Waals surface area contributed by atoms with E-state index in [9.17, 15) is 9.59 Å².